The van der Waals surface area contributed by atoms with Crippen molar-refractivity contribution in [3.63, 3.8) is 0 Å². The third-order valence-corrected chi connectivity index (χ3v) is 5.08. The fraction of sp³-hybridized carbons (Fsp3) is 0.933. The van der Waals surface area contributed by atoms with Gasteiger partial charge in [0.15, 0.2) is 0 Å². The summed E-state index contributed by atoms with van der Waals surface area (Å²) in [6, 6.07) is 0.679. The maximum Gasteiger partial charge on any atom is 0.223 e. The molecular formula is C15H29ClN2O2. The first-order valence-corrected chi connectivity index (χ1v) is 7.44. The first-order valence-electron chi connectivity index (χ1n) is 7.44. The van der Waals surface area contributed by atoms with Crippen molar-refractivity contribution in [2.45, 2.75) is 58.7 Å². The van der Waals surface area contributed by atoms with Gasteiger partial charge in [0.1, 0.15) is 0 Å². The summed E-state index contributed by atoms with van der Waals surface area (Å²) in [6.07, 6.45) is 2.14. The SMILES string of the molecule is COC1C(C)C(NC(=O)[C@H]2CCN[C@@H](C)C2)C1(C)C.Cl. The molecule has 3 unspecified atom stereocenters. The lowest BCUT2D eigenvalue weighted by molar-refractivity contribution is -0.156. The van der Waals surface area contributed by atoms with Crippen molar-refractivity contribution >= 4 is 18.3 Å². The average molecular weight is 305 g/mol. The van der Waals surface area contributed by atoms with Gasteiger partial charge < -0.3 is 15.4 Å². The maximum absolute atomic E-state index is 12.4. The van der Waals surface area contributed by atoms with Crippen molar-refractivity contribution in [2.24, 2.45) is 17.3 Å². The van der Waals surface area contributed by atoms with Gasteiger partial charge in [-0.15, -0.1) is 12.4 Å². The van der Waals surface area contributed by atoms with Crippen LogP contribution < -0.4 is 10.6 Å². The molecule has 1 amide bonds. The van der Waals surface area contributed by atoms with Gasteiger partial charge in [0.25, 0.3) is 0 Å². The van der Waals surface area contributed by atoms with E-state index >= 15 is 0 Å². The Morgan fingerprint density at radius 2 is 2.00 bits per heavy atom. The lowest BCUT2D eigenvalue weighted by Crippen LogP contribution is -2.68. The normalized spacial score (nSPS) is 39.4. The number of hydrogen-bond donors (Lipinski definition) is 2. The number of nitrogens with one attached hydrogen (secondary N) is 2. The van der Waals surface area contributed by atoms with Gasteiger partial charge in [0.05, 0.1) is 6.10 Å². The first kappa shape index (κ1) is 17.7. The number of amides is 1. The third-order valence-electron chi connectivity index (χ3n) is 5.08. The molecule has 0 aromatic carbocycles. The standard InChI is InChI=1S/C15H28N2O2.ClH/c1-9-8-11(6-7-16-9)14(18)17-12-10(2)13(19-5)15(12,3)4;/h9-13,16H,6-8H2,1-5H3,(H,17,18);1H/t9-,10?,11-,12?,13?;/m0./s1. The van der Waals surface area contributed by atoms with Crippen LogP contribution in [0.5, 0.6) is 0 Å². The topological polar surface area (TPSA) is 50.4 Å². The summed E-state index contributed by atoms with van der Waals surface area (Å²) in [6.45, 7) is 9.61. The van der Waals surface area contributed by atoms with Crippen LogP contribution in [0.15, 0.2) is 0 Å². The molecule has 0 aromatic rings. The molecule has 0 radical (unpaired) electrons. The number of halogens is 1. The smallest absolute Gasteiger partial charge is 0.223 e. The van der Waals surface area contributed by atoms with Crippen molar-refractivity contribution in [3.8, 4) is 0 Å². The molecule has 4 nitrogen and oxygen atoms in total. The maximum atomic E-state index is 12.4. The van der Waals surface area contributed by atoms with Crippen molar-refractivity contribution in [1.29, 1.82) is 0 Å². The van der Waals surface area contributed by atoms with E-state index in [0.717, 1.165) is 19.4 Å². The van der Waals surface area contributed by atoms with Gasteiger partial charge in [0.2, 0.25) is 5.91 Å². The van der Waals surface area contributed by atoms with E-state index in [1.54, 1.807) is 7.11 Å². The molecule has 20 heavy (non-hydrogen) atoms. The molecule has 1 aliphatic heterocycles. The van der Waals surface area contributed by atoms with Crippen LogP contribution in [0, 0.1) is 17.3 Å². The number of piperidine rings is 1. The Hall–Kier alpha value is -0.320. The molecule has 2 N–H and O–H groups in total. The highest BCUT2D eigenvalue weighted by molar-refractivity contribution is 5.85. The first-order chi connectivity index (χ1) is 8.87. The quantitative estimate of drug-likeness (QED) is 0.838. The largest absolute Gasteiger partial charge is 0.380 e. The third kappa shape index (κ3) is 3.12. The molecule has 1 saturated carbocycles. The summed E-state index contributed by atoms with van der Waals surface area (Å²) in [5, 5.41) is 6.65. The second-order valence-corrected chi connectivity index (χ2v) is 6.90. The van der Waals surface area contributed by atoms with E-state index in [-0.39, 0.29) is 41.8 Å². The monoisotopic (exact) mass is 304 g/mol. The number of ether oxygens (including phenoxy) is 1. The Kier molecular flexibility index (Phi) is 5.88. The van der Waals surface area contributed by atoms with E-state index in [9.17, 15) is 4.79 Å². The van der Waals surface area contributed by atoms with E-state index in [1.165, 1.54) is 0 Å². The fourth-order valence-electron chi connectivity index (χ4n) is 4.07. The molecule has 118 valence electrons. The molecule has 2 aliphatic rings. The van der Waals surface area contributed by atoms with Gasteiger partial charge in [-0.3, -0.25) is 4.79 Å². The highest BCUT2D eigenvalue weighted by Crippen LogP contribution is 2.47. The van der Waals surface area contributed by atoms with Gasteiger partial charge in [-0.2, -0.15) is 0 Å². The van der Waals surface area contributed by atoms with Crippen LogP contribution in [0.3, 0.4) is 0 Å². The van der Waals surface area contributed by atoms with Crippen LogP contribution in [-0.2, 0) is 9.53 Å². The summed E-state index contributed by atoms with van der Waals surface area (Å²) in [5.74, 6) is 0.789. The molecule has 5 atom stereocenters. The zero-order valence-electron chi connectivity index (χ0n) is 13.2. The minimum absolute atomic E-state index is 0. The van der Waals surface area contributed by atoms with Crippen molar-refractivity contribution in [3.05, 3.63) is 0 Å². The molecule has 2 rings (SSSR count). The minimum atomic E-state index is 0. The van der Waals surface area contributed by atoms with Crippen LogP contribution in [-0.4, -0.2) is 37.7 Å². The minimum Gasteiger partial charge on any atom is -0.380 e. The predicted octanol–water partition coefficient (Wildman–Crippen LogP) is 1.97. The van der Waals surface area contributed by atoms with Crippen molar-refractivity contribution in [2.75, 3.05) is 13.7 Å². The Morgan fingerprint density at radius 3 is 2.50 bits per heavy atom. The molecule has 1 heterocycles. The van der Waals surface area contributed by atoms with E-state index in [4.69, 9.17) is 4.74 Å². The summed E-state index contributed by atoms with van der Waals surface area (Å²) in [7, 11) is 1.76. The molecule has 0 spiro atoms. The number of carbonyl (C=O) groups excluding carboxylic acids is 1. The molecule has 2 fully saturated rings. The predicted molar refractivity (Wildman–Crippen MR) is 83.1 cm³/mol. The van der Waals surface area contributed by atoms with Crippen LogP contribution in [0.2, 0.25) is 0 Å². The fourth-order valence-corrected chi connectivity index (χ4v) is 4.07. The van der Waals surface area contributed by atoms with Crippen LogP contribution in [0.25, 0.3) is 0 Å². The van der Waals surface area contributed by atoms with E-state index in [1.807, 2.05) is 0 Å². The molecular weight excluding hydrogens is 276 g/mol. The molecule has 0 aromatic heterocycles. The Bertz CT molecular complexity index is 349. The zero-order chi connectivity index (χ0) is 14.2. The number of rotatable bonds is 3. The zero-order valence-corrected chi connectivity index (χ0v) is 14.0. The number of carbonyl (C=O) groups is 1. The van der Waals surface area contributed by atoms with Gasteiger partial charge >= 0.3 is 0 Å². The van der Waals surface area contributed by atoms with Gasteiger partial charge in [-0.25, -0.2) is 0 Å². The Labute approximate surface area is 128 Å². The summed E-state index contributed by atoms with van der Waals surface area (Å²) in [4.78, 5) is 12.4. The van der Waals surface area contributed by atoms with Crippen molar-refractivity contribution < 1.29 is 9.53 Å². The average Bonchev–Trinajstić information content (AvgIpc) is 2.35. The lowest BCUT2D eigenvalue weighted by Gasteiger charge is -2.56. The Morgan fingerprint density at radius 1 is 1.35 bits per heavy atom. The molecule has 1 saturated heterocycles. The molecule has 0 bridgehead atoms. The summed E-state index contributed by atoms with van der Waals surface area (Å²) < 4.78 is 5.53. The van der Waals surface area contributed by atoms with E-state index in [2.05, 4.69) is 38.3 Å². The molecule has 5 heteroatoms. The number of hydrogen-bond acceptors (Lipinski definition) is 3. The van der Waals surface area contributed by atoms with Gasteiger partial charge in [-0.1, -0.05) is 20.8 Å². The van der Waals surface area contributed by atoms with Gasteiger partial charge in [-0.05, 0) is 26.3 Å². The van der Waals surface area contributed by atoms with Gasteiger partial charge in [0, 0.05) is 36.4 Å². The van der Waals surface area contributed by atoms with Crippen molar-refractivity contribution in [1.82, 2.24) is 10.6 Å². The summed E-state index contributed by atoms with van der Waals surface area (Å²) in [5.41, 5.74) is 0.0301. The number of methoxy groups -OCH3 is 1. The second-order valence-electron chi connectivity index (χ2n) is 6.90. The Balaban J connectivity index is 0.00000200. The highest BCUT2D eigenvalue weighted by atomic mass is 35.5. The highest BCUT2D eigenvalue weighted by Gasteiger charge is 2.55. The van der Waals surface area contributed by atoms with Crippen LogP contribution in [0.4, 0.5) is 0 Å². The van der Waals surface area contributed by atoms with E-state index in [0.29, 0.717) is 12.0 Å². The second kappa shape index (κ2) is 6.63. The lowest BCUT2D eigenvalue weighted by atomic mass is 9.57. The van der Waals surface area contributed by atoms with Crippen LogP contribution in [0.1, 0.15) is 40.5 Å². The van der Waals surface area contributed by atoms with E-state index < -0.39 is 0 Å². The summed E-state index contributed by atoms with van der Waals surface area (Å²) >= 11 is 0. The molecule has 1 aliphatic carbocycles. The van der Waals surface area contributed by atoms with Crippen LogP contribution >= 0.6 is 12.4 Å².